The summed E-state index contributed by atoms with van der Waals surface area (Å²) in [5.74, 6) is 0.544. The first kappa shape index (κ1) is 12.1. The number of nitriles is 1. The van der Waals surface area contributed by atoms with Crippen LogP contribution in [0.3, 0.4) is 0 Å². The summed E-state index contributed by atoms with van der Waals surface area (Å²) in [7, 11) is 0. The van der Waals surface area contributed by atoms with Gasteiger partial charge in [-0.1, -0.05) is 19.1 Å². The Bertz CT molecular complexity index is 393. The number of hydrogen-bond donors (Lipinski definition) is 3. The van der Waals surface area contributed by atoms with Gasteiger partial charge in [0.25, 0.3) is 0 Å². The topological polar surface area (TPSA) is 59.9 Å². The lowest BCUT2D eigenvalue weighted by atomic mass is 9.94. The number of nitrogens with zero attached hydrogens (tertiary/aromatic N) is 1. The van der Waals surface area contributed by atoms with E-state index in [1.807, 2.05) is 24.3 Å². The Labute approximate surface area is 102 Å². The van der Waals surface area contributed by atoms with Crippen molar-refractivity contribution in [2.24, 2.45) is 5.92 Å². The van der Waals surface area contributed by atoms with Gasteiger partial charge in [0.1, 0.15) is 0 Å². The van der Waals surface area contributed by atoms with E-state index in [4.69, 9.17) is 5.26 Å². The molecule has 0 spiro atoms. The van der Waals surface area contributed by atoms with E-state index in [0.717, 1.165) is 19.6 Å². The number of hydrazine groups is 1. The van der Waals surface area contributed by atoms with Gasteiger partial charge in [0.15, 0.2) is 0 Å². The predicted octanol–water partition coefficient (Wildman–Crippen LogP) is 0.933. The van der Waals surface area contributed by atoms with E-state index in [1.54, 1.807) is 0 Å². The first-order chi connectivity index (χ1) is 8.35. The van der Waals surface area contributed by atoms with Gasteiger partial charge >= 0.3 is 0 Å². The Hall–Kier alpha value is -1.41. The van der Waals surface area contributed by atoms with Gasteiger partial charge in [-0.2, -0.15) is 5.26 Å². The second-order valence-corrected chi connectivity index (χ2v) is 4.30. The van der Waals surface area contributed by atoms with Crippen LogP contribution in [-0.4, -0.2) is 19.6 Å². The highest BCUT2D eigenvalue weighted by Gasteiger charge is 2.27. The van der Waals surface area contributed by atoms with Crippen LogP contribution in [0.25, 0.3) is 0 Å². The Morgan fingerprint density at radius 1 is 1.41 bits per heavy atom. The van der Waals surface area contributed by atoms with Crippen molar-refractivity contribution in [2.75, 3.05) is 19.6 Å². The molecule has 1 aliphatic heterocycles. The first-order valence-electron chi connectivity index (χ1n) is 6.04. The molecule has 1 aromatic carbocycles. The van der Waals surface area contributed by atoms with Crippen LogP contribution >= 0.6 is 0 Å². The van der Waals surface area contributed by atoms with E-state index in [-0.39, 0.29) is 0 Å². The van der Waals surface area contributed by atoms with Crippen molar-refractivity contribution in [2.45, 2.75) is 13.0 Å². The average Bonchev–Trinajstić information content (AvgIpc) is 2.84. The van der Waals surface area contributed by atoms with Gasteiger partial charge in [-0.3, -0.25) is 5.43 Å². The van der Waals surface area contributed by atoms with Crippen LogP contribution < -0.4 is 16.2 Å². The minimum absolute atomic E-state index is 0.321. The molecule has 1 aromatic rings. The predicted molar refractivity (Wildman–Crippen MR) is 67.1 cm³/mol. The third kappa shape index (κ3) is 2.83. The molecule has 4 nitrogen and oxygen atoms in total. The van der Waals surface area contributed by atoms with Gasteiger partial charge in [-0.15, -0.1) is 0 Å². The minimum atomic E-state index is 0.321. The van der Waals surface area contributed by atoms with E-state index in [9.17, 15) is 0 Å². The van der Waals surface area contributed by atoms with E-state index in [2.05, 4.69) is 29.2 Å². The molecule has 0 saturated carbocycles. The van der Waals surface area contributed by atoms with E-state index in [1.165, 1.54) is 5.56 Å². The van der Waals surface area contributed by atoms with Gasteiger partial charge in [0.05, 0.1) is 17.7 Å². The van der Waals surface area contributed by atoms with Crippen molar-refractivity contribution in [3.63, 3.8) is 0 Å². The van der Waals surface area contributed by atoms with Crippen molar-refractivity contribution < 1.29 is 0 Å². The monoisotopic (exact) mass is 230 g/mol. The summed E-state index contributed by atoms with van der Waals surface area (Å²) < 4.78 is 0. The van der Waals surface area contributed by atoms with Crippen LogP contribution in [-0.2, 0) is 0 Å². The third-order valence-electron chi connectivity index (χ3n) is 3.15. The Kier molecular flexibility index (Phi) is 4.10. The fraction of sp³-hybridized carbons (Fsp3) is 0.462. The highest BCUT2D eigenvalue weighted by molar-refractivity contribution is 5.33. The molecule has 2 rings (SSSR count). The van der Waals surface area contributed by atoms with Gasteiger partial charge in [0, 0.05) is 19.0 Å². The van der Waals surface area contributed by atoms with Crippen LogP contribution in [0.5, 0.6) is 0 Å². The average molecular weight is 230 g/mol. The molecule has 3 N–H and O–H groups in total. The van der Waals surface area contributed by atoms with Crippen molar-refractivity contribution in [1.29, 1.82) is 5.26 Å². The normalized spacial score (nSPS) is 23.5. The quantitative estimate of drug-likeness (QED) is 0.720. The summed E-state index contributed by atoms with van der Waals surface area (Å²) in [6.45, 7) is 5.09. The third-order valence-corrected chi connectivity index (χ3v) is 3.15. The largest absolute Gasteiger partial charge is 0.317 e. The summed E-state index contributed by atoms with van der Waals surface area (Å²) >= 11 is 0. The Morgan fingerprint density at radius 2 is 2.18 bits per heavy atom. The standard InChI is InChI=1S/C13H18N4/c1-2-15-8-12-9-16-17-13(12)11-5-3-10(7-14)4-6-11/h3-6,12-13,15-17H,2,8-9H2,1H3. The van der Waals surface area contributed by atoms with Crippen molar-refractivity contribution in [1.82, 2.24) is 16.2 Å². The SMILES string of the molecule is CCNCC1CNNC1c1ccc(C#N)cc1. The summed E-state index contributed by atoms with van der Waals surface area (Å²) in [4.78, 5) is 0. The molecule has 2 unspecified atom stereocenters. The fourth-order valence-corrected chi connectivity index (χ4v) is 2.18. The molecule has 0 radical (unpaired) electrons. The fourth-order valence-electron chi connectivity index (χ4n) is 2.18. The number of rotatable bonds is 4. The smallest absolute Gasteiger partial charge is 0.0991 e. The molecule has 1 aliphatic rings. The molecular weight excluding hydrogens is 212 g/mol. The molecule has 17 heavy (non-hydrogen) atoms. The van der Waals surface area contributed by atoms with Crippen LogP contribution in [0.15, 0.2) is 24.3 Å². The van der Waals surface area contributed by atoms with Crippen molar-refractivity contribution >= 4 is 0 Å². The number of hydrogen-bond acceptors (Lipinski definition) is 4. The number of benzene rings is 1. The lowest BCUT2D eigenvalue weighted by molar-refractivity contribution is 0.447. The molecule has 2 atom stereocenters. The summed E-state index contributed by atoms with van der Waals surface area (Å²) in [6.07, 6.45) is 0. The molecule has 0 aromatic heterocycles. The second-order valence-electron chi connectivity index (χ2n) is 4.30. The van der Waals surface area contributed by atoms with E-state index in [0.29, 0.717) is 17.5 Å². The molecule has 0 bridgehead atoms. The summed E-state index contributed by atoms with van der Waals surface area (Å²) in [5, 5.41) is 12.2. The molecule has 90 valence electrons. The van der Waals surface area contributed by atoms with Gasteiger partial charge in [0.2, 0.25) is 0 Å². The zero-order valence-corrected chi connectivity index (χ0v) is 10.0. The molecule has 0 amide bonds. The van der Waals surface area contributed by atoms with Crippen molar-refractivity contribution in [3.8, 4) is 6.07 Å². The minimum Gasteiger partial charge on any atom is -0.317 e. The maximum absolute atomic E-state index is 8.77. The summed E-state index contributed by atoms with van der Waals surface area (Å²) in [6, 6.07) is 10.3. The number of nitrogens with one attached hydrogen (secondary N) is 3. The molecule has 4 heteroatoms. The van der Waals surface area contributed by atoms with Crippen LogP contribution in [0.4, 0.5) is 0 Å². The lowest BCUT2D eigenvalue weighted by Crippen LogP contribution is -2.28. The highest BCUT2D eigenvalue weighted by atomic mass is 15.4. The van der Waals surface area contributed by atoms with E-state index < -0.39 is 0 Å². The second kappa shape index (κ2) is 5.78. The molecular formula is C13H18N4. The lowest BCUT2D eigenvalue weighted by Gasteiger charge is -2.19. The molecule has 1 heterocycles. The molecule has 1 saturated heterocycles. The van der Waals surface area contributed by atoms with Crippen LogP contribution in [0.1, 0.15) is 24.1 Å². The van der Waals surface area contributed by atoms with Gasteiger partial charge in [-0.05, 0) is 24.2 Å². The zero-order valence-electron chi connectivity index (χ0n) is 10.0. The maximum atomic E-state index is 8.77. The highest BCUT2D eigenvalue weighted by Crippen LogP contribution is 2.24. The Morgan fingerprint density at radius 3 is 2.82 bits per heavy atom. The van der Waals surface area contributed by atoms with Crippen LogP contribution in [0.2, 0.25) is 0 Å². The molecule has 1 fully saturated rings. The van der Waals surface area contributed by atoms with E-state index >= 15 is 0 Å². The molecule has 0 aliphatic carbocycles. The first-order valence-corrected chi connectivity index (χ1v) is 6.04. The van der Waals surface area contributed by atoms with Gasteiger partial charge in [-0.25, -0.2) is 5.43 Å². The maximum Gasteiger partial charge on any atom is 0.0991 e. The van der Waals surface area contributed by atoms with Crippen molar-refractivity contribution in [3.05, 3.63) is 35.4 Å². The Balaban J connectivity index is 2.06. The summed E-state index contributed by atoms with van der Waals surface area (Å²) in [5.41, 5.74) is 8.44. The zero-order chi connectivity index (χ0) is 12.1. The van der Waals surface area contributed by atoms with Crippen LogP contribution in [0, 0.1) is 17.2 Å². The van der Waals surface area contributed by atoms with Gasteiger partial charge < -0.3 is 5.32 Å².